The van der Waals surface area contributed by atoms with Crippen molar-refractivity contribution >= 4 is 11.6 Å². The summed E-state index contributed by atoms with van der Waals surface area (Å²) >= 11 is 0. The fourth-order valence-electron chi connectivity index (χ4n) is 3.26. The molecule has 3 rings (SSSR count). The number of imidazole rings is 1. The highest BCUT2D eigenvalue weighted by Crippen LogP contribution is 2.34. The zero-order valence-electron chi connectivity index (χ0n) is 16.6. The first-order valence-electron chi connectivity index (χ1n) is 9.52. The van der Waals surface area contributed by atoms with E-state index in [2.05, 4.69) is 10.3 Å². The molecule has 154 valence electrons. The second-order valence-corrected chi connectivity index (χ2v) is 7.69. The molecule has 4 nitrogen and oxygen atoms in total. The van der Waals surface area contributed by atoms with Crippen LogP contribution in [-0.2, 0) is 11.0 Å². The summed E-state index contributed by atoms with van der Waals surface area (Å²) in [7, 11) is 0. The molecular formula is C22H24F3N3O. The number of halogens is 3. The number of hydrogen-bond acceptors (Lipinski definition) is 2. The van der Waals surface area contributed by atoms with Gasteiger partial charge in [0.05, 0.1) is 11.3 Å². The van der Waals surface area contributed by atoms with Crippen LogP contribution in [0.5, 0.6) is 0 Å². The van der Waals surface area contributed by atoms with Crippen molar-refractivity contribution in [3.63, 3.8) is 0 Å². The van der Waals surface area contributed by atoms with Crippen LogP contribution < -0.4 is 5.32 Å². The van der Waals surface area contributed by atoms with Gasteiger partial charge in [0, 0.05) is 31.3 Å². The van der Waals surface area contributed by atoms with Crippen molar-refractivity contribution in [3.05, 3.63) is 71.2 Å². The summed E-state index contributed by atoms with van der Waals surface area (Å²) in [6.07, 6.45) is -0.943. The lowest BCUT2D eigenvalue weighted by Crippen LogP contribution is -2.29. The van der Waals surface area contributed by atoms with Crippen LogP contribution >= 0.6 is 0 Å². The van der Waals surface area contributed by atoms with E-state index in [1.807, 2.05) is 43.5 Å². The Kier molecular flexibility index (Phi) is 5.96. The van der Waals surface area contributed by atoms with Crippen LogP contribution in [0.1, 0.15) is 48.6 Å². The third-order valence-electron chi connectivity index (χ3n) is 4.77. The Balaban J connectivity index is 2.03. The normalized spacial score (nSPS) is 13.1. The molecule has 1 N–H and O–H groups in total. The van der Waals surface area contributed by atoms with Gasteiger partial charge in [-0.1, -0.05) is 32.0 Å². The molecule has 0 fully saturated rings. The SMILES string of the molecule is Cc1ccn2c(C(CC(=O)NCC(C)C)c3cccc(C(F)(F)F)c3)cnc2c1. The molecule has 0 aliphatic heterocycles. The molecule has 1 amide bonds. The van der Waals surface area contributed by atoms with E-state index in [9.17, 15) is 18.0 Å². The molecule has 3 aromatic rings. The lowest BCUT2D eigenvalue weighted by atomic mass is 9.91. The monoisotopic (exact) mass is 403 g/mol. The Morgan fingerprint density at radius 3 is 2.66 bits per heavy atom. The summed E-state index contributed by atoms with van der Waals surface area (Å²) in [6.45, 7) is 6.42. The Bertz CT molecular complexity index is 1010. The number of nitrogens with zero attached hydrogens (tertiary/aromatic N) is 2. The topological polar surface area (TPSA) is 46.4 Å². The summed E-state index contributed by atoms with van der Waals surface area (Å²) < 4.78 is 41.6. The molecule has 29 heavy (non-hydrogen) atoms. The van der Waals surface area contributed by atoms with Crippen molar-refractivity contribution in [2.75, 3.05) is 6.54 Å². The number of fused-ring (bicyclic) bond motifs is 1. The van der Waals surface area contributed by atoms with Crippen LogP contribution in [0.4, 0.5) is 13.2 Å². The molecule has 0 saturated carbocycles. The van der Waals surface area contributed by atoms with Gasteiger partial charge in [-0.25, -0.2) is 4.98 Å². The molecule has 1 aromatic carbocycles. The summed E-state index contributed by atoms with van der Waals surface area (Å²) in [6, 6.07) is 8.96. The molecule has 7 heteroatoms. The van der Waals surface area contributed by atoms with Gasteiger partial charge in [-0.15, -0.1) is 0 Å². The van der Waals surface area contributed by atoms with E-state index in [-0.39, 0.29) is 18.2 Å². The third kappa shape index (κ3) is 4.96. The highest BCUT2D eigenvalue weighted by molar-refractivity contribution is 5.77. The van der Waals surface area contributed by atoms with Gasteiger partial charge < -0.3 is 9.72 Å². The molecule has 0 radical (unpaired) electrons. The lowest BCUT2D eigenvalue weighted by molar-refractivity contribution is -0.137. The minimum absolute atomic E-state index is 0.0374. The highest BCUT2D eigenvalue weighted by atomic mass is 19.4. The van der Waals surface area contributed by atoms with Crippen LogP contribution in [0.2, 0.25) is 0 Å². The average Bonchev–Trinajstić information content (AvgIpc) is 3.06. The Labute approximate surface area is 167 Å². The Morgan fingerprint density at radius 2 is 1.97 bits per heavy atom. The van der Waals surface area contributed by atoms with Crippen LogP contribution in [0.15, 0.2) is 48.8 Å². The fraction of sp³-hybridized carbons (Fsp3) is 0.364. The first-order valence-corrected chi connectivity index (χ1v) is 9.52. The number of aryl methyl sites for hydroxylation is 1. The number of rotatable bonds is 6. The maximum atomic E-state index is 13.2. The quantitative estimate of drug-likeness (QED) is 0.633. The van der Waals surface area contributed by atoms with E-state index < -0.39 is 17.7 Å². The maximum absolute atomic E-state index is 13.2. The van der Waals surface area contributed by atoms with E-state index >= 15 is 0 Å². The van der Waals surface area contributed by atoms with Crippen LogP contribution in [-0.4, -0.2) is 21.8 Å². The van der Waals surface area contributed by atoms with Crippen LogP contribution in [0.25, 0.3) is 5.65 Å². The summed E-state index contributed by atoms with van der Waals surface area (Å²) in [4.78, 5) is 16.9. The minimum Gasteiger partial charge on any atom is -0.356 e. The van der Waals surface area contributed by atoms with Crippen molar-refractivity contribution in [3.8, 4) is 0 Å². The number of hydrogen-bond donors (Lipinski definition) is 1. The van der Waals surface area contributed by atoms with Crippen molar-refractivity contribution in [1.29, 1.82) is 0 Å². The van der Waals surface area contributed by atoms with Crippen molar-refractivity contribution in [1.82, 2.24) is 14.7 Å². The Hall–Kier alpha value is -2.83. The van der Waals surface area contributed by atoms with Gasteiger partial charge in [0.15, 0.2) is 0 Å². The number of carbonyl (C=O) groups is 1. The number of amides is 1. The highest BCUT2D eigenvalue weighted by Gasteiger charge is 2.32. The van der Waals surface area contributed by atoms with Gasteiger partial charge in [-0.3, -0.25) is 4.79 Å². The van der Waals surface area contributed by atoms with E-state index in [4.69, 9.17) is 0 Å². The number of pyridine rings is 1. The smallest absolute Gasteiger partial charge is 0.356 e. The molecule has 0 bridgehead atoms. The van der Waals surface area contributed by atoms with Gasteiger partial charge in [-0.05, 0) is 42.2 Å². The molecular weight excluding hydrogens is 379 g/mol. The van der Waals surface area contributed by atoms with Gasteiger partial charge >= 0.3 is 6.18 Å². The maximum Gasteiger partial charge on any atom is 0.416 e. The van der Waals surface area contributed by atoms with E-state index in [1.165, 1.54) is 6.07 Å². The minimum atomic E-state index is -4.45. The van der Waals surface area contributed by atoms with Gasteiger partial charge in [0.1, 0.15) is 5.65 Å². The van der Waals surface area contributed by atoms with E-state index in [1.54, 1.807) is 12.3 Å². The van der Waals surface area contributed by atoms with Crippen molar-refractivity contribution in [2.24, 2.45) is 5.92 Å². The fourth-order valence-corrected chi connectivity index (χ4v) is 3.26. The Morgan fingerprint density at radius 1 is 1.21 bits per heavy atom. The zero-order valence-corrected chi connectivity index (χ0v) is 16.6. The second kappa shape index (κ2) is 8.27. The summed E-state index contributed by atoms with van der Waals surface area (Å²) in [5.41, 5.74) is 2.10. The molecule has 1 atom stereocenters. The molecule has 0 spiro atoms. The summed E-state index contributed by atoms with van der Waals surface area (Å²) in [5, 5.41) is 2.86. The van der Waals surface area contributed by atoms with Gasteiger partial charge in [0.2, 0.25) is 5.91 Å². The predicted molar refractivity (Wildman–Crippen MR) is 106 cm³/mol. The molecule has 0 saturated heterocycles. The molecule has 2 aromatic heterocycles. The van der Waals surface area contributed by atoms with E-state index in [0.29, 0.717) is 23.4 Å². The first kappa shape index (κ1) is 20.9. The number of aromatic nitrogens is 2. The first-order chi connectivity index (χ1) is 13.6. The molecule has 1 unspecified atom stereocenters. The number of benzene rings is 1. The van der Waals surface area contributed by atoms with Crippen molar-refractivity contribution < 1.29 is 18.0 Å². The van der Waals surface area contributed by atoms with Gasteiger partial charge in [0.25, 0.3) is 0 Å². The van der Waals surface area contributed by atoms with E-state index in [0.717, 1.165) is 17.7 Å². The zero-order chi connectivity index (χ0) is 21.2. The number of nitrogens with one attached hydrogen (secondary N) is 1. The van der Waals surface area contributed by atoms with Crippen LogP contribution in [0, 0.1) is 12.8 Å². The number of carbonyl (C=O) groups excluding carboxylic acids is 1. The lowest BCUT2D eigenvalue weighted by Gasteiger charge is -2.19. The molecule has 2 heterocycles. The van der Waals surface area contributed by atoms with Crippen molar-refractivity contribution in [2.45, 2.75) is 39.3 Å². The second-order valence-electron chi connectivity index (χ2n) is 7.69. The predicted octanol–water partition coefficient (Wildman–Crippen LogP) is 4.96. The largest absolute Gasteiger partial charge is 0.416 e. The average molecular weight is 403 g/mol. The third-order valence-corrected chi connectivity index (χ3v) is 4.77. The summed E-state index contributed by atoms with van der Waals surface area (Å²) in [5.74, 6) is -0.477. The molecule has 0 aliphatic carbocycles. The number of alkyl halides is 3. The standard InChI is InChI=1S/C22H24F3N3O/c1-14(2)12-27-21(29)11-18(16-5-4-6-17(10-16)22(23,24)25)19-13-26-20-9-15(3)7-8-28(19)20/h4-10,13-14,18H,11-12H2,1-3H3,(H,27,29). The van der Waals surface area contributed by atoms with Gasteiger partial charge in [-0.2, -0.15) is 13.2 Å². The molecule has 0 aliphatic rings. The van der Waals surface area contributed by atoms with Crippen LogP contribution in [0.3, 0.4) is 0 Å².